The summed E-state index contributed by atoms with van der Waals surface area (Å²) < 4.78 is 0. The lowest BCUT2D eigenvalue weighted by Crippen LogP contribution is -2.37. The van der Waals surface area contributed by atoms with Crippen molar-refractivity contribution >= 4 is 17.3 Å². The number of hydrogen-bond donors (Lipinski definition) is 1. The average Bonchev–Trinajstić information content (AvgIpc) is 2.90. The molecule has 1 heterocycles. The van der Waals surface area contributed by atoms with Crippen molar-refractivity contribution in [2.75, 3.05) is 24.5 Å². The molecular formula is C14H18ClN3. The molecule has 0 saturated carbocycles. The van der Waals surface area contributed by atoms with E-state index in [0.29, 0.717) is 16.6 Å². The zero-order valence-electron chi connectivity index (χ0n) is 10.6. The summed E-state index contributed by atoms with van der Waals surface area (Å²) in [7, 11) is 0. The molecule has 0 spiro atoms. The molecule has 0 amide bonds. The molecule has 18 heavy (non-hydrogen) atoms. The number of nitriles is 1. The fourth-order valence-electron chi connectivity index (χ4n) is 2.46. The summed E-state index contributed by atoms with van der Waals surface area (Å²) in [5.41, 5.74) is 1.66. The standard InChI is InChI=1S/C14H18ClN3/c1-2-7-18(12-5-6-17-10-12)14-4-3-11(9-16)8-13(14)15/h3-4,8,12,17H,2,5-7,10H2,1H3. The first kappa shape index (κ1) is 13.2. The molecule has 2 rings (SSSR count). The molecule has 1 atom stereocenters. The second-order valence-corrected chi connectivity index (χ2v) is 5.03. The minimum Gasteiger partial charge on any atom is -0.366 e. The fourth-order valence-corrected chi connectivity index (χ4v) is 2.74. The minimum absolute atomic E-state index is 0.510. The van der Waals surface area contributed by atoms with Crippen LogP contribution in [0.1, 0.15) is 25.3 Å². The normalized spacial score (nSPS) is 18.6. The largest absolute Gasteiger partial charge is 0.366 e. The Morgan fingerprint density at radius 3 is 2.94 bits per heavy atom. The molecule has 96 valence electrons. The zero-order chi connectivity index (χ0) is 13.0. The van der Waals surface area contributed by atoms with Crippen molar-refractivity contribution in [3.63, 3.8) is 0 Å². The summed E-state index contributed by atoms with van der Waals surface area (Å²) in [6, 6.07) is 8.19. The van der Waals surface area contributed by atoms with Crippen LogP contribution in [0.5, 0.6) is 0 Å². The van der Waals surface area contributed by atoms with Crippen LogP contribution in [-0.4, -0.2) is 25.7 Å². The molecule has 1 unspecified atom stereocenters. The van der Waals surface area contributed by atoms with Crippen LogP contribution in [0.3, 0.4) is 0 Å². The highest BCUT2D eigenvalue weighted by atomic mass is 35.5. The van der Waals surface area contributed by atoms with Crippen LogP contribution in [0, 0.1) is 11.3 Å². The summed E-state index contributed by atoms with van der Waals surface area (Å²) in [5, 5.41) is 12.9. The number of rotatable bonds is 4. The molecule has 1 N–H and O–H groups in total. The van der Waals surface area contributed by atoms with E-state index in [1.54, 1.807) is 6.07 Å². The average molecular weight is 264 g/mol. The van der Waals surface area contributed by atoms with Gasteiger partial charge in [0.05, 0.1) is 22.3 Å². The van der Waals surface area contributed by atoms with Crippen LogP contribution in [0.15, 0.2) is 18.2 Å². The summed E-state index contributed by atoms with van der Waals surface area (Å²) in [6.45, 7) is 5.25. The highest BCUT2D eigenvalue weighted by Crippen LogP contribution is 2.29. The molecule has 1 aliphatic rings. The van der Waals surface area contributed by atoms with E-state index in [-0.39, 0.29) is 0 Å². The van der Waals surface area contributed by atoms with Gasteiger partial charge in [0, 0.05) is 19.1 Å². The van der Waals surface area contributed by atoms with Gasteiger partial charge >= 0.3 is 0 Å². The Morgan fingerprint density at radius 2 is 2.39 bits per heavy atom. The van der Waals surface area contributed by atoms with Crippen molar-refractivity contribution < 1.29 is 0 Å². The minimum atomic E-state index is 0.510. The van der Waals surface area contributed by atoms with E-state index in [0.717, 1.165) is 38.2 Å². The number of halogens is 1. The maximum atomic E-state index is 8.87. The van der Waals surface area contributed by atoms with Gasteiger partial charge < -0.3 is 10.2 Å². The molecule has 1 aromatic carbocycles. The molecule has 3 nitrogen and oxygen atoms in total. The van der Waals surface area contributed by atoms with E-state index in [4.69, 9.17) is 16.9 Å². The van der Waals surface area contributed by atoms with Gasteiger partial charge in [-0.3, -0.25) is 0 Å². The van der Waals surface area contributed by atoms with Crippen LogP contribution >= 0.6 is 11.6 Å². The summed E-state index contributed by atoms with van der Waals surface area (Å²) in [6.07, 6.45) is 2.24. The van der Waals surface area contributed by atoms with Crippen molar-refractivity contribution in [2.45, 2.75) is 25.8 Å². The maximum absolute atomic E-state index is 8.87. The second-order valence-electron chi connectivity index (χ2n) is 4.62. The van der Waals surface area contributed by atoms with E-state index in [2.05, 4.69) is 23.2 Å². The topological polar surface area (TPSA) is 39.1 Å². The van der Waals surface area contributed by atoms with Crippen molar-refractivity contribution in [3.05, 3.63) is 28.8 Å². The van der Waals surface area contributed by atoms with E-state index in [9.17, 15) is 0 Å². The van der Waals surface area contributed by atoms with Crippen molar-refractivity contribution in [3.8, 4) is 6.07 Å². The third kappa shape index (κ3) is 2.77. The van der Waals surface area contributed by atoms with Crippen molar-refractivity contribution in [2.24, 2.45) is 0 Å². The van der Waals surface area contributed by atoms with E-state index < -0.39 is 0 Å². The first-order valence-corrected chi connectivity index (χ1v) is 6.81. The molecule has 4 heteroatoms. The molecule has 0 bridgehead atoms. The quantitative estimate of drug-likeness (QED) is 0.908. The van der Waals surface area contributed by atoms with Gasteiger partial charge in [-0.2, -0.15) is 5.26 Å². The number of nitrogens with one attached hydrogen (secondary N) is 1. The first-order valence-electron chi connectivity index (χ1n) is 6.43. The fraction of sp³-hybridized carbons (Fsp3) is 0.500. The summed E-state index contributed by atoms with van der Waals surface area (Å²) >= 11 is 6.30. The Labute approximate surface area is 113 Å². The van der Waals surface area contributed by atoms with E-state index in [1.807, 2.05) is 12.1 Å². The SMILES string of the molecule is CCCN(c1ccc(C#N)cc1Cl)C1CCNC1. The van der Waals surface area contributed by atoms with Crippen LogP contribution in [0.2, 0.25) is 5.02 Å². The lowest BCUT2D eigenvalue weighted by atomic mass is 10.1. The molecular weight excluding hydrogens is 246 g/mol. The number of benzene rings is 1. The molecule has 1 saturated heterocycles. The molecule has 1 aliphatic heterocycles. The van der Waals surface area contributed by atoms with Gasteiger partial charge in [0.1, 0.15) is 0 Å². The van der Waals surface area contributed by atoms with Gasteiger partial charge in [0.15, 0.2) is 0 Å². The lowest BCUT2D eigenvalue weighted by Gasteiger charge is -2.31. The lowest BCUT2D eigenvalue weighted by molar-refractivity contribution is 0.625. The number of anilines is 1. The van der Waals surface area contributed by atoms with E-state index >= 15 is 0 Å². The Hall–Kier alpha value is -1.24. The Kier molecular flexibility index (Phi) is 4.46. The highest BCUT2D eigenvalue weighted by molar-refractivity contribution is 6.33. The van der Waals surface area contributed by atoms with Crippen molar-refractivity contribution in [1.82, 2.24) is 5.32 Å². The highest BCUT2D eigenvalue weighted by Gasteiger charge is 2.23. The Balaban J connectivity index is 2.27. The zero-order valence-corrected chi connectivity index (χ0v) is 11.4. The third-order valence-electron chi connectivity index (χ3n) is 3.33. The summed E-state index contributed by atoms with van der Waals surface area (Å²) in [4.78, 5) is 2.36. The van der Waals surface area contributed by atoms with Crippen LogP contribution in [-0.2, 0) is 0 Å². The number of nitrogens with zero attached hydrogens (tertiary/aromatic N) is 2. The summed E-state index contributed by atoms with van der Waals surface area (Å²) in [5.74, 6) is 0. The maximum Gasteiger partial charge on any atom is 0.0992 e. The van der Waals surface area contributed by atoms with Gasteiger partial charge in [-0.15, -0.1) is 0 Å². The van der Waals surface area contributed by atoms with E-state index in [1.165, 1.54) is 0 Å². The molecule has 1 fully saturated rings. The smallest absolute Gasteiger partial charge is 0.0992 e. The van der Waals surface area contributed by atoms with Gasteiger partial charge in [0.2, 0.25) is 0 Å². The number of hydrogen-bond acceptors (Lipinski definition) is 3. The monoisotopic (exact) mass is 263 g/mol. The molecule has 0 aromatic heterocycles. The van der Waals surface area contributed by atoms with Gasteiger partial charge in [0.25, 0.3) is 0 Å². The molecule has 0 aliphatic carbocycles. The van der Waals surface area contributed by atoms with Gasteiger partial charge in [-0.1, -0.05) is 18.5 Å². The first-order chi connectivity index (χ1) is 8.76. The third-order valence-corrected chi connectivity index (χ3v) is 3.63. The van der Waals surface area contributed by atoms with Gasteiger partial charge in [-0.25, -0.2) is 0 Å². The van der Waals surface area contributed by atoms with Crippen LogP contribution in [0.25, 0.3) is 0 Å². The predicted molar refractivity (Wildman–Crippen MR) is 75.1 cm³/mol. The Morgan fingerprint density at radius 1 is 1.56 bits per heavy atom. The van der Waals surface area contributed by atoms with Crippen LogP contribution < -0.4 is 10.2 Å². The van der Waals surface area contributed by atoms with Crippen molar-refractivity contribution in [1.29, 1.82) is 5.26 Å². The predicted octanol–water partition coefficient (Wildman–Crippen LogP) is 2.79. The van der Waals surface area contributed by atoms with Crippen LogP contribution in [0.4, 0.5) is 5.69 Å². The molecule has 0 radical (unpaired) electrons. The Bertz CT molecular complexity index is 447. The second kappa shape index (κ2) is 6.08. The van der Waals surface area contributed by atoms with Gasteiger partial charge in [-0.05, 0) is 37.6 Å². The molecule has 1 aromatic rings.